The molecule has 7 nitrogen and oxygen atoms in total. The van der Waals surface area contributed by atoms with Crippen LogP contribution in [0.2, 0.25) is 5.15 Å². The summed E-state index contributed by atoms with van der Waals surface area (Å²) in [5.41, 5.74) is 1.34. The van der Waals surface area contributed by atoms with Gasteiger partial charge in [0, 0.05) is 13.2 Å². The summed E-state index contributed by atoms with van der Waals surface area (Å²) in [5, 5.41) is 8.34. The number of nitrogens with one attached hydrogen (secondary N) is 2. The third-order valence-corrected chi connectivity index (χ3v) is 2.89. The second-order valence-corrected chi connectivity index (χ2v) is 4.29. The maximum Gasteiger partial charge on any atom is 0.256 e. The number of nitrogens with zero attached hydrogens (tertiary/aromatic N) is 4. The molecule has 3 heterocycles. The van der Waals surface area contributed by atoms with Gasteiger partial charge in [0.05, 0.1) is 18.7 Å². The van der Waals surface area contributed by atoms with Crippen LogP contribution in [0.15, 0.2) is 18.5 Å². The first-order chi connectivity index (χ1) is 9.17. The molecular weight excluding hydrogens is 268 g/mol. The number of H-pyrrole nitrogens is 1. The Kier molecular flexibility index (Phi) is 2.75. The summed E-state index contributed by atoms with van der Waals surface area (Å²) in [6.07, 6.45) is 3.54. The molecule has 0 saturated carbocycles. The van der Waals surface area contributed by atoms with Crippen molar-refractivity contribution in [1.82, 2.24) is 24.7 Å². The van der Waals surface area contributed by atoms with Crippen LogP contribution in [0, 0.1) is 0 Å². The van der Waals surface area contributed by atoms with Crippen molar-refractivity contribution in [2.75, 3.05) is 12.4 Å². The molecule has 0 aliphatic carbocycles. The van der Waals surface area contributed by atoms with Crippen molar-refractivity contribution >= 4 is 34.3 Å². The zero-order chi connectivity index (χ0) is 13.4. The Morgan fingerprint density at radius 1 is 1.42 bits per heavy atom. The molecule has 0 aromatic carbocycles. The van der Waals surface area contributed by atoms with Crippen LogP contribution >= 0.6 is 11.6 Å². The van der Waals surface area contributed by atoms with E-state index < -0.39 is 0 Å². The highest BCUT2D eigenvalue weighted by Gasteiger charge is 2.11. The number of aromatic amines is 1. The van der Waals surface area contributed by atoms with Gasteiger partial charge in [-0.1, -0.05) is 11.6 Å². The largest absolute Gasteiger partial charge is 0.478 e. The Labute approximate surface area is 113 Å². The summed E-state index contributed by atoms with van der Waals surface area (Å²) < 4.78 is 6.79. The van der Waals surface area contributed by atoms with Gasteiger partial charge in [-0.3, -0.25) is 4.68 Å². The van der Waals surface area contributed by atoms with Crippen molar-refractivity contribution in [2.45, 2.75) is 0 Å². The van der Waals surface area contributed by atoms with Crippen molar-refractivity contribution in [3.8, 4) is 5.88 Å². The molecule has 0 spiro atoms. The molecule has 3 aromatic heterocycles. The zero-order valence-corrected chi connectivity index (χ0v) is 11.1. The van der Waals surface area contributed by atoms with Gasteiger partial charge in [0.2, 0.25) is 5.95 Å². The molecule has 0 radical (unpaired) electrons. The predicted molar refractivity (Wildman–Crippen MR) is 71.9 cm³/mol. The number of fused-ring (bicyclic) bond motifs is 1. The number of ether oxygens (including phenoxy) is 1. The Morgan fingerprint density at radius 3 is 3.05 bits per heavy atom. The van der Waals surface area contributed by atoms with Crippen molar-refractivity contribution in [3.63, 3.8) is 0 Å². The minimum absolute atomic E-state index is 0.381. The standard InChI is InChI=1S/C11H11ClN6O/c1-18-5-7(10(17-18)19-2)14-11-15-8(12)6-3-4-13-9(6)16-11/h3-5H,1-2H3,(H2,13,14,15,16). The van der Waals surface area contributed by atoms with Crippen LogP contribution < -0.4 is 10.1 Å². The molecule has 0 saturated heterocycles. The summed E-state index contributed by atoms with van der Waals surface area (Å²) in [6, 6.07) is 1.83. The predicted octanol–water partition coefficient (Wildman–Crippen LogP) is 2.10. The number of rotatable bonds is 3. The van der Waals surface area contributed by atoms with Crippen molar-refractivity contribution in [2.24, 2.45) is 7.05 Å². The number of hydrogen-bond donors (Lipinski definition) is 2. The maximum absolute atomic E-state index is 6.09. The smallest absolute Gasteiger partial charge is 0.256 e. The van der Waals surface area contributed by atoms with E-state index in [2.05, 4.69) is 25.4 Å². The minimum Gasteiger partial charge on any atom is -0.478 e. The van der Waals surface area contributed by atoms with Crippen LogP contribution in [0.5, 0.6) is 5.88 Å². The molecule has 2 N–H and O–H groups in total. The molecule has 3 aromatic rings. The SMILES string of the molecule is COc1nn(C)cc1Nc1nc(Cl)c2cc[nH]c2n1. The average Bonchev–Trinajstić information content (AvgIpc) is 2.96. The first-order valence-corrected chi connectivity index (χ1v) is 5.90. The normalized spacial score (nSPS) is 10.9. The number of hydrogen-bond acceptors (Lipinski definition) is 5. The molecule has 0 bridgehead atoms. The van der Waals surface area contributed by atoms with E-state index in [0.717, 1.165) is 5.39 Å². The van der Waals surface area contributed by atoms with E-state index >= 15 is 0 Å². The first kappa shape index (κ1) is 11.8. The summed E-state index contributed by atoms with van der Waals surface area (Å²) in [5.74, 6) is 0.847. The highest BCUT2D eigenvalue weighted by atomic mass is 35.5. The molecule has 0 aliphatic rings. The fourth-order valence-corrected chi connectivity index (χ4v) is 2.02. The molecule has 0 amide bonds. The van der Waals surface area contributed by atoms with Crippen LogP contribution in [0.4, 0.5) is 11.6 Å². The first-order valence-electron chi connectivity index (χ1n) is 5.52. The van der Waals surface area contributed by atoms with Crippen molar-refractivity contribution < 1.29 is 4.74 Å². The highest BCUT2D eigenvalue weighted by molar-refractivity contribution is 6.34. The van der Waals surface area contributed by atoms with Gasteiger partial charge in [-0.25, -0.2) is 4.98 Å². The van der Waals surface area contributed by atoms with Crippen LogP contribution in [0.25, 0.3) is 11.0 Å². The van der Waals surface area contributed by atoms with Gasteiger partial charge < -0.3 is 15.0 Å². The van der Waals surface area contributed by atoms with E-state index in [-0.39, 0.29) is 0 Å². The average molecular weight is 279 g/mol. The van der Waals surface area contributed by atoms with Crippen LogP contribution in [0.1, 0.15) is 0 Å². The molecule has 19 heavy (non-hydrogen) atoms. The summed E-state index contributed by atoms with van der Waals surface area (Å²) in [6.45, 7) is 0. The van der Waals surface area contributed by atoms with E-state index in [1.54, 1.807) is 31.2 Å². The van der Waals surface area contributed by atoms with Gasteiger partial charge in [-0.15, -0.1) is 5.10 Å². The van der Waals surface area contributed by atoms with Gasteiger partial charge in [0.15, 0.2) is 0 Å². The molecule has 0 fully saturated rings. The lowest BCUT2D eigenvalue weighted by atomic mass is 10.4. The number of aryl methyl sites for hydroxylation is 1. The number of anilines is 2. The molecule has 0 aliphatic heterocycles. The second-order valence-electron chi connectivity index (χ2n) is 3.93. The Morgan fingerprint density at radius 2 is 2.26 bits per heavy atom. The lowest BCUT2D eigenvalue weighted by molar-refractivity contribution is 0.393. The second kappa shape index (κ2) is 4.43. The van der Waals surface area contributed by atoms with E-state index in [1.807, 2.05) is 6.07 Å². The lowest BCUT2D eigenvalue weighted by Gasteiger charge is -2.04. The van der Waals surface area contributed by atoms with Gasteiger partial charge in [0.1, 0.15) is 16.5 Å². The highest BCUT2D eigenvalue weighted by Crippen LogP contribution is 2.26. The van der Waals surface area contributed by atoms with Gasteiger partial charge in [0.25, 0.3) is 5.88 Å². The lowest BCUT2D eigenvalue weighted by Crippen LogP contribution is -1.98. The third-order valence-electron chi connectivity index (χ3n) is 2.60. The Balaban J connectivity index is 2.00. The third kappa shape index (κ3) is 2.08. The van der Waals surface area contributed by atoms with Crippen LogP contribution in [-0.4, -0.2) is 31.8 Å². The maximum atomic E-state index is 6.09. The quantitative estimate of drug-likeness (QED) is 0.717. The van der Waals surface area contributed by atoms with E-state index in [4.69, 9.17) is 16.3 Å². The van der Waals surface area contributed by atoms with Crippen molar-refractivity contribution in [1.29, 1.82) is 0 Å². The molecule has 3 rings (SSSR count). The molecular formula is C11H11ClN6O. The van der Waals surface area contributed by atoms with E-state index in [9.17, 15) is 0 Å². The Hall–Kier alpha value is -2.28. The van der Waals surface area contributed by atoms with Gasteiger partial charge in [-0.2, -0.15) is 4.98 Å². The molecule has 8 heteroatoms. The molecule has 0 unspecified atom stereocenters. The summed E-state index contributed by atoms with van der Waals surface area (Å²) in [4.78, 5) is 11.5. The fraction of sp³-hybridized carbons (Fsp3) is 0.182. The zero-order valence-electron chi connectivity index (χ0n) is 10.3. The van der Waals surface area contributed by atoms with Gasteiger partial charge in [-0.05, 0) is 6.07 Å². The number of aromatic nitrogens is 5. The monoisotopic (exact) mass is 278 g/mol. The topological polar surface area (TPSA) is 80.6 Å². The van der Waals surface area contributed by atoms with Gasteiger partial charge >= 0.3 is 0 Å². The number of halogens is 1. The van der Waals surface area contributed by atoms with E-state index in [0.29, 0.717) is 28.3 Å². The Bertz CT molecular complexity index is 734. The summed E-state index contributed by atoms with van der Waals surface area (Å²) >= 11 is 6.09. The molecule has 0 atom stereocenters. The molecule has 98 valence electrons. The fourth-order valence-electron chi connectivity index (χ4n) is 1.78. The summed E-state index contributed by atoms with van der Waals surface area (Å²) in [7, 11) is 3.35. The van der Waals surface area contributed by atoms with Crippen LogP contribution in [-0.2, 0) is 7.05 Å². The van der Waals surface area contributed by atoms with Crippen LogP contribution in [0.3, 0.4) is 0 Å². The van der Waals surface area contributed by atoms with E-state index in [1.165, 1.54) is 0 Å². The minimum atomic E-state index is 0.381. The van der Waals surface area contributed by atoms with Crippen molar-refractivity contribution in [3.05, 3.63) is 23.6 Å². The number of methoxy groups -OCH3 is 1.